The van der Waals surface area contributed by atoms with Crippen molar-refractivity contribution in [1.29, 1.82) is 0 Å². The van der Waals surface area contributed by atoms with E-state index in [4.69, 9.17) is 0 Å². The van der Waals surface area contributed by atoms with Gasteiger partial charge in [-0.25, -0.2) is 0 Å². The van der Waals surface area contributed by atoms with Crippen LogP contribution >= 0.6 is 7.60 Å². The highest BCUT2D eigenvalue weighted by molar-refractivity contribution is 7.48. The number of hydrogen-bond donors (Lipinski definition) is 0. The van der Waals surface area contributed by atoms with Gasteiger partial charge in [0.1, 0.15) is 0 Å². The minimum absolute atomic E-state index is 0.396. The zero-order valence-corrected chi connectivity index (χ0v) is 5.72. The van der Waals surface area contributed by atoms with Gasteiger partial charge in [0, 0.05) is 6.29 Å². The Morgan fingerprint density at radius 2 is 1.88 bits per heavy atom. The van der Waals surface area contributed by atoms with Crippen molar-refractivity contribution >= 4 is 7.60 Å². The van der Waals surface area contributed by atoms with Crippen LogP contribution in [0.3, 0.4) is 0 Å². The number of hydrogen-bond acceptors (Lipinski definition) is 4. The largest absolute Gasteiger partial charge is 0.810 e. The van der Waals surface area contributed by atoms with Gasteiger partial charge in [-0.2, -0.15) is 0 Å². The molecule has 0 aliphatic heterocycles. The predicted molar refractivity (Wildman–Crippen MR) is 26.2 cm³/mol. The average molecular weight is 137 g/mol. The van der Waals surface area contributed by atoms with Gasteiger partial charge < -0.3 is 19.3 Å². The molecule has 0 saturated carbocycles. The van der Waals surface area contributed by atoms with Crippen molar-refractivity contribution < 1.29 is 14.4 Å². The van der Waals surface area contributed by atoms with Crippen molar-refractivity contribution in [2.45, 2.75) is 0 Å². The van der Waals surface area contributed by atoms with Crippen LogP contribution in [0.25, 0.3) is 0 Å². The summed E-state index contributed by atoms with van der Waals surface area (Å²) < 4.78 is 9.87. The minimum atomic E-state index is -4.30. The van der Waals surface area contributed by atoms with Crippen molar-refractivity contribution in [1.82, 2.24) is 4.90 Å². The Hall–Kier alpha value is 0.110. The van der Waals surface area contributed by atoms with Crippen molar-refractivity contribution in [3.63, 3.8) is 0 Å². The Balaban J connectivity index is 3.56. The molecule has 0 atom stereocenters. The number of nitrogens with zero attached hydrogens (tertiary/aromatic N) is 1. The molecule has 0 radical (unpaired) electrons. The van der Waals surface area contributed by atoms with Gasteiger partial charge in [-0.1, -0.05) is 7.60 Å². The molecular formula is C3H8NO3P-2. The Bertz CT molecular complexity index is 107. The average Bonchev–Trinajstić information content (AvgIpc) is 1.21. The maximum atomic E-state index is 9.87. The fourth-order valence-corrected chi connectivity index (χ4v) is 1.04. The topological polar surface area (TPSA) is 66.4 Å². The maximum absolute atomic E-state index is 9.87. The van der Waals surface area contributed by atoms with E-state index < -0.39 is 13.9 Å². The van der Waals surface area contributed by atoms with E-state index in [1.165, 1.54) is 19.0 Å². The molecule has 8 heavy (non-hydrogen) atoms. The van der Waals surface area contributed by atoms with Crippen LogP contribution in [-0.2, 0) is 4.57 Å². The van der Waals surface area contributed by atoms with E-state index in [1.807, 2.05) is 0 Å². The fourth-order valence-electron chi connectivity index (χ4n) is 0.346. The second kappa shape index (κ2) is 2.60. The van der Waals surface area contributed by atoms with E-state index in [0.29, 0.717) is 0 Å². The Kier molecular flexibility index (Phi) is 2.63. The van der Waals surface area contributed by atoms with Gasteiger partial charge >= 0.3 is 0 Å². The van der Waals surface area contributed by atoms with Crippen molar-refractivity contribution in [3.05, 3.63) is 0 Å². The first kappa shape index (κ1) is 8.11. The molecule has 5 heteroatoms. The van der Waals surface area contributed by atoms with E-state index >= 15 is 0 Å². The van der Waals surface area contributed by atoms with Crippen LogP contribution in [0.5, 0.6) is 0 Å². The molecule has 0 aliphatic carbocycles. The van der Waals surface area contributed by atoms with Gasteiger partial charge in [-0.05, 0) is 14.1 Å². The molecule has 0 N–H and O–H groups in total. The summed E-state index contributed by atoms with van der Waals surface area (Å²) in [5, 5.41) is 0. The SMILES string of the molecule is CN(C)CP(=O)([O-])[O-]. The highest BCUT2D eigenvalue weighted by Crippen LogP contribution is 2.21. The van der Waals surface area contributed by atoms with Crippen LogP contribution in [0.1, 0.15) is 0 Å². The molecule has 0 amide bonds. The lowest BCUT2D eigenvalue weighted by Crippen LogP contribution is -2.25. The van der Waals surface area contributed by atoms with E-state index in [1.54, 1.807) is 0 Å². The summed E-state index contributed by atoms with van der Waals surface area (Å²) in [5.41, 5.74) is 0. The van der Waals surface area contributed by atoms with Gasteiger partial charge in [0.15, 0.2) is 0 Å². The quantitative estimate of drug-likeness (QED) is 0.431. The van der Waals surface area contributed by atoms with Crippen LogP contribution in [0.2, 0.25) is 0 Å². The Morgan fingerprint density at radius 1 is 1.50 bits per heavy atom. The molecular weight excluding hydrogens is 129 g/mol. The molecule has 4 nitrogen and oxygen atoms in total. The van der Waals surface area contributed by atoms with E-state index in [2.05, 4.69) is 0 Å². The summed E-state index contributed by atoms with van der Waals surface area (Å²) in [6.07, 6.45) is -0.396. The van der Waals surface area contributed by atoms with Crippen molar-refractivity contribution in [3.8, 4) is 0 Å². The summed E-state index contributed by atoms with van der Waals surface area (Å²) in [6, 6.07) is 0. The standard InChI is InChI=1S/C3H10NO3P/c1-4(2)3-8(5,6)7/h3H2,1-2H3,(H2,5,6,7)/p-2. The lowest BCUT2D eigenvalue weighted by atomic mass is 11.0. The first-order valence-electron chi connectivity index (χ1n) is 2.07. The summed E-state index contributed by atoms with van der Waals surface area (Å²) in [4.78, 5) is 21.1. The zero-order chi connectivity index (χ0) is 6.78. The van der Waals surface area contributed by atoms with Crippen LogP contribution in [-0.4, -0.2) is 25.3 Å². The normalized spacial score (nSPS) is 12.6. The lowest BCUT2D eigenvalue weighted by Gasteiger charge is -2.32. The van der Waals surface area contributed by atoms with Crippen LogP contribution in [0.4, 0.5) is 0 Å². The third-order valence-electron chi connectivity index (χ3n) is 0.456. The highest BCUT2D eigenvalue weighted by Gasteiger charge is 1.90. The Morgan fingerprint density at radius 3 is 1.88 bits per heavy atom. The van der Waals surface area contributed by atoms with Gasteiger partial charge in [0.2, 0.25) is 0 Å². The highest BCUT2D eigenvalue weighted by atomic mass is 31.2. The molecule has 0 aromatic rings. The second-order valence-corrected chi connectivity index (χ2v) is 3.34. The molecule has 0 heterocycles. The van der Waals surface area contributed by atoms with Gasteiger partial charge in [-0.3, -0.25) is 0 Å². The van der Waals surface area contributed by atoms with Crippen LogP contribution in [0.15, 0.2) is 0 Å². The molecule has 0 saturated heterocycles. The molecule has 0 spiro atoms. The first-order valence-corrected chi connectivity index (χ1v) is 3.80. The smallest absolute Gasteiger partial charge is 0.0254 e. The fraction of sp³-hybridized carbons (Fsp3) is 1.00. The summed E-state index contributed by atoms with van der Waals surface area (Å²) in [7, 11) is -1.24. The minimum Gasteiger partial charge on any atom is -0.810 e. The third-order valence-corrected chi connectivity index (χ3v) is 1.37. The van der Waals surface area contributed by atoms with Gasteiger partial charge in [-0.15, -0.1) is 0 Å². The summed E-state index contributed by atoms with van der Waals surface area (Å²) in [5.74, 6) is 0. The van der Waals surface area contributed by atoms with Gasteiger partial charge in [0.05, 0.1) is 0 Å². The summed E-state index contributed by atoms with van der Waals surface area (Å²) >= 11 is 0. The lowest BCUT2D eigenvalue weighted by molar-refractivity contribution is -0.315. The molecule has 0 fully saturated rings. The van der Waals surface area contributed by atoms with Crippen molar-refractivity contribution in [2.75, 3.05) is 20.4 Å². The van der Waals surface area contributed by atoms with E-state index in [-0.39, 0.29) is 0 Å². The first-order chi connectivity index (χ1) is 3.42. The predicted octanol–water partition coefficient (Wildman–Crippen LogP) is -1.58. The third kappa shape index (κ3) is 6.11. The van der Waals surface area contributed by atoms with Crippen LogP contribution in [0, 0.1) is 0 Å². The maximum Gasteiger partial charge on any atom is 0.0254 e. The van der Waals surface area contributed by atoms with E-state index in [9.17, 15) is 14.4 Å². The Labute approximate surface area is 48.3 Å². The van der Waals surface area contributed by atoms with E-state index in [0.717, 1.165) is 0 Å². The molecule has 0 unspecified atom stereocenters. The monoisotopic (exact) mass is 137 g/mol. The summed E-state index contributed by atoms with van der Waals surface area (Å²) in [6.45, 7) is 0. The number of rotatable bonds is 2. The molecule has 0 aromatic carbocycles. The van der Waals surface area contributed by atoms with Gasteiger partial charge in [0.25, 0.3) is 0 Å². The zero-order valence-electron chi connectivity index (χ0n) is 4.83. The van der Waals surface area contributed by atoms with Crippen molar-refractivity contribution in [2.24, 2.45) is 0 Å². The second-order valence-electron chi connectivity index (χ2n) is 1.83. The van der Waals surface area contributed by atoms with Crippen LogP contribution < -0.4 is 9.79 Å². The molecule has 0 aliphatic rings. The molecule has 0 rings (SSSR count). The molecule has 0 bridgehead atoms. The molecule has 0 aromatic heterocycles. The molecule has 50 valence electrons.